The molecule has 0 aliphatic carbocycles. The molecule has 1 saturated heterocycles. The number of hydrogen-bond acceptors (Lipinski definition) is 6. The van der Waals surface area contributed by atoms with E-state index in [0.29, 0.717) is 22.8 Å². The lowest BCUT2D eigenvalue weighted by Crippen LogP contribution is -2.36. The fourth-order valence-electron chi connectivity index (χ4n) is 4.28. The summed E-state index contributed by atoms with van der Waals surface area (Å²) >= 11 is 0. The molecule has 2 N–H and O–H groups in total. The van der Waals surface area contributed by atoms with Gasteiger partial charge in [0, 0.05) is 36.1 Å². The first kappa shape index (κ1) is 25.0. The SMILES string of the molecule is COc1ccc(CC(=O)Nc2ccnn2-c2cccc(C(=O)Nc3ccc(N4CCOCC4)cc3)c2)cc1. The number of methoxy groups -OCH3 is 1. The lowest BCUT2D eigenvalue weighted by atomic mass is 10.1. The van der Waals surface area contributed by atoms with Crippen molar-refractivity contribution in [2.75, 3.05) is 48.9 Å². The van der Waals surface area contributed by atoms with Gasteiger partial charge in [0.05, 0.1) is 38.6 Å². The predicted molar refractivity (Wildman–Crippen MR) is 146 cm³/mol. The second kappa shape index (κ2) is 11.6. The zero-order chi connectivity index (χ0) is 26.3. The first-order valence-corrected chi connectivity index (χ1v) is 12.4. The molecule has 194 valence electrons. The zero-order valence-corrected chi connectivity index (χ0v) is 21.1. The number of rotatable bonds is 8. The Hall–Kier alpha value is -4.63. The highest BCUT2D eigenvalue weighted by Gasteiger charge is 2.14. The first-order chi connectivity index (χ1) is 18.6. The van der Waals surface area contributed by atoms with Crippen LogP contribution in [0.5, 0.6) is 5.75 Å². The van der Waals surface area contributed by atoms with E-state index < -0.39 is 0 Å². The number of carbonyl (C=O) groups is 2. The minimum atomic E-state index is -0.233. The van der Waals surface area contributed by atoms with Crippen molar-refractivity contribution in [2.45, 2.75) is 6.42 Å². The van der Waals surface area contributed by atoms with Crippen molar-refractivity contribution in [1.29, 1.82) is 0 Å². The van der Waals surface area contributed by atoms with E-state index in [-0.39, 0.29) is 18.2 Å². The van der Waals surface area contributed by atoms with Gasteiger partial charge < -0.3 is 25.0 Å². The second-order valence-corrected chi connectivity index (χ2v) is 8.85. The van der Waals surface area contributed by atoms with Gasteiger partial charge >= 0.3 is 0 Å². The molecule has 0 saturated carbocycles. The van der Waals surface area contributed by atoms with E-state index in [1.807, 2.05) is 54.6 Å². The Morgan fingerprint density at radius 2 is 1.68 bits per heavy atom. The van der Waals surface area contributed by atoms with Gasteiger partial charge in [0.25, 0.3) is 5.91 Å². The van der Waals surface area contributed by atoms with Crippen LogP contribution in [0.3, 0.4) is 0 Å². The Morgan fingerprint density at radius 3 is 2.42 bits per heavy atom. The van der Waals surface area contributed by atoms with Crippen molar-refractivity contribution in [3.8, 4) is 11.4 Å². The summed E-state index contributed by atoms with van der Waals surface area (Å²) in [5.74, 6) is 0.843. The summed E-state index contributed by atoms with van der Waals surface area (Å²) < 4.78 is 12.2. The maximum Gasteiger partial charge on any atom is 0.255 e. The van der Waals surface area contributed by atoms with Gasteiger partial charge in [0.2, 0.25) is 5.91 Å². The van der Waals surface area contributed by atoms with Crippen molar-refractivity contribution in [3.63, 3.8) is 0 Å². The summed E-state index contributed by atoms with van der Waals surface area (Å²) in [6.45, 7) is 3.16. The van der Waals surface area contributed by atoms with Gasteiger partial charge in [-0.25, -0.2) is 4.68 Å². The normalized spacial score (nSPS) is 13.1. The van der Waals surface area contributed by atoms with Crippen molar-refractivity contribution in [2.24, 2.45) is 0 Å². The number of benzene rings is 3. The number of hydrogen-bond donors (Lipinski definition) is 2. The highest BCUT2D eigenvalue weighted by atomic mass is 16.5. The van der Waals surface area contributed by atoms with Gasteiger partial charge in [-0.3, -0.25) is 9.59 Å². The third-order valence-corrected chi connectivity index (χ3v) is 6.29. The summed E-state index contributed by atoms with van der Waals surface area (Å²) in [4.78, 5) is 27.9. The molecule has 2 amide bonds. The maximum absolute atomic E-state index is 13.0. The molecule has 5 rings (SSSR count). The van der Waals surface area contributed by atoms with Crippen molar-refractivity contribution >= 4 is 29.0 Å². The third kappa shape index (κ3) is 6.01. The van der Waals surface area contributed by atoms with Crippen molar-refractivity contribution in [3.05, 3.63) is 96.2 Å². The maximum atomic E-state index is 13.0. The summed E-state index contributed by atoms with van der Waals surface area (Å²) in [5, 5.41) is 10.2. The van der Waals surface area contributed by atoms with Crippen LogP contribution in [0, 0.1) is 0 Å². The van der Waals surface area contributed by atoms with E-state index >= 15 is 0 Å². The molecule has 0 atom stereocenters. The molecule has 38 heavy (non-hydrogen) atoms. The summed E-state index contributed by atoms with van der Waals surface area (Å²) in [6, 6.07) is 24.0. The van der Waals surface area contributed by atoms with Crippen LogP contribution in [0.1, 0.15) is 15.9 Å². The highest BCUT2D eigenvalue weighted by molar-refractivity contribution is 6.04. The minimum Gasteiger partial charge on any atom is -0.497 e. The number of nitrogens with zero attached hydrogens (tertiary/aromatic N) is 3. The number of amides is 2. The van der Waals surface area contributed by atoms with E-state index in [2.05, 4.69) is 20.6 Å². The van der Waals surface area contributed by atoms with Gasteiger partial charge in [0.1, 0.15) is 11.6 Å². The Kier molecular flexibility index (Phi) is 7.65. The van der Waals surface area contributed by atoms with E-state index in [9.17, 15) is 9.59 Å². The molecule has 0 radical (unpaired) electrons. The van der Waals surface area contributed by atoms with Crippen LogP contribution >= 0.6 is 0 Å². The molecule has 1 aromatic heterocycles. The van der Waals surface area contributed by atoms with Crippen LogP contribution in [0.25, 0.3) is 5.69 Å². The molecule has 9 heteroatoms. The smallest absolute Gasteiger partial charge is 0.255 e. The summed E-state index contributed by atoms with van der Waals surface area (Å²) in [7, 11) is 1.60. The van der Waals surface area contributed by atoms with E-state index in [1.165, 1.54) is 0 Å². The fraction of sp³-hybridized carbons (Fsp3) is 0.207. The molecule has 9 nitrogen and oxygen atoms in total. The fourth-order valence-corrected chi connectivity index (χ4v) is 4.28. The molecule has 1 aliphatic rings. The largest absolute Gasteiger partial charge is 0.497 e. The van der Waals surface area contributed by atoms with Crippen LogP contribution in [0.4, 0.5) is 17.2 Å². The molecular weight excluding hydrogens is 482 g/mol. The topological polar surface area (TPSA) is 97.7 Å². The van der Waals surface area contributed by atoms with Crippen LogP contribution in [-0.4, -0.2) is 55.0 Å². The van der Waals surface area contributed by atoms with Gasteiger partial charge in [0.15, 0.2) is 0 Å². The molecule has 1 aliphatic heterocycles. The number of anilines is 3. The standard InChI is InChI=1S/C29H29N5O4/c1-37-26-11-5-21(6-12-26)19-28(35)32-27-13-14-30-34(27)25-4-2-3-22(20-25)29(36)31-23-7-9-24(10-8-23)33-15-17-38-18-16-33/h2-14,20H,15-19H2,1H3,(H,31,36)(H,32,35). The lowest BCUT2D eigenvalue weighted by Gasteiger charge is -2.28. The molecular formula is C29H29N5O4. The molecule has 4 aromatic rings. The minimum absolute atomic E-state index is 0.175. The van der Waals surface area contributed by atoms with E-state index in [1.54, 1.807) is 42.3 Å². The zero-order valence-electron chi connectivity index (χ0n) is 21.1. The van der Waals surface area contributed by atoms with Gasteiger partial charge in [-0.15, -0.1) is 0 Å². The van der Waals surface area contributed by atoms with Gasteiger partial charge in [-0.1, -0.05) is 18.2 Å². The molecule has 0 bridgehead atoms. The Bertz CT molecular complexity index is 1390. The summed E-state index contributed by atoms with van der Waals surface area (Å²) in [6.07, 6.45) is 1.81. The van der Waals surface area contributed by atoms with Gasteiger partial charge in [-0.05, 0) is 60.2 Å². The Morgan fingerprint density at radius 1 is 0.921 bits per heavy atom. The summed E-state index contributed by atoms with van der Waals surface area (Å²) in [5.41, 5.74) is 3.82. The van der Waals surface area contributed by atoms with E-state index in [4.69, 9.17) is 9.47 Å². The average molecular weight is 512 g/mol. The van der Waals surface area contributed by atoms with E-state index in [0.717, 1.165) is 43.3 Å². The molecule has 2 heterocycles. The molecule has 0 unspecified atom stereocenters. The molecule has 3 aromatic carbocycles. The quantitative estimate of drug-likeness (QED) is 0.369. The monoisotopic (exact) mass is 511 g/mol. The Labute approximate surface area is 221 Å². The molecule has 0 spiro atoms. The van der Waals surface area contributed by atoms with Crippen LogP contribution in [0.15, 0.2) is 85.1 Å². The van der Waals surface area contributed by atoms with Gasteiger partial charge in [-0.2, -0.15) is 5.10 Å². The first-order valence-electron chi connectivity index (χ1n) is 12.4. The number of morpholine rings is 1. The highest BCUT2D eigenvalue weighted by Crippen LogP contribution is 2.21. The Balaban J connectivity index is 1.24. The van der Waals surface area contributed by atoms with Crippen LogP contribution in [0.2, 0.25) is 0 Å². The van der Waals surface area contributed by atoms with Crippen LogP contribution in [-0.2, 0) is 16.0 Å². The van der Waals surface area contributed by atoms with Crippen LogP contribution < -0.4 is 20.3 Å². The second-order valence-electron chi connectivity index (χ2n) is 8.85. The van der Waals surface area contributed by atoms with Crippen molar-refractivity contribution in [1.82, 2.24) is 9.78 Å². The predicted octanol–water partition coefficient (Wildman–Crippen LogP) is 4.15. The average Bonchev–Trinajstić information content (AvgIpc) is 3.42. The lowest BCUT2D eigenvalue weighted by molar-refractivity contribution is -0.115. The molecule has 1 fully saturated rings. The van der Waals surface area contributed by atoms with Crippen molar-refractivity contribution < 1.29 is 19.1 Å². The number of carbonyl (C=O) groups excluding carboxylic acids is 2. The number of nitrogens with one attached hydrogen (secondary N) is 2. The number of ether oxygens (including phenoxy) is 2. The number of aromatic nitrogens is 2. The third-order valence-electron chi connectivity index (χ3n) is 6.29.